The van der Waals surface area contributed by atoms with Crippen molar-refractivity contribution in [2.45, 2.75) is 38.9 Å². The fourth-order valence-electron chi connectivity index (χ4n) is 1.66. The van der Waals surface area contributed by atoms with E-state index in [0.717, 1.165) is 0 Å². The molecule has 0 unspecified atom stereocenters. The van der Waals surface area contributed by atoms with Gasteiger partial charge in [0, 0.05) is 11.7 Å². The van der Waals surface area contributed by atoms with Crippen molar-refractivity contribution >= 4 is 24.0 Å². The molecule has 2 rings (SSSR count). The van der Waals surface area contributed by atoms with Crippen molar-refractivity contribution in [1.82, 2.24) is 4.98 Å². The minimum atomic E-state index is -0.518. The number of pyridine rings is 1. The van der Waals surface area contributed by atoms with Crippen LogP contribution in [0, 0.1) is 0 Å². The Balaban J connectivity index is 2.36. The fourth-order valence-corrected chi connectivity index (χ4v) is 1.66. The van der Waals surface area contributed by atoms with Gasteiger partial charge in [0.05, 0.1) is 28.8 Å². The first kappa shape index (κ1) is 12.2. The number of rotatable bonds is 1. The summed E-state index contributed by atoms with van der Waals surface area (Å²) in [5, 5.41) is 0. The van der Waals surface area contributed by atoms with Crippen LogP contribution in [0.5, 0.6) is 0 Å². The zero-order chi connectivity index (χ0) is 12.8. The number of nitrogens with two attached hydrogens (primary N) is 2. The molecule has 0 aliphatic carbocycles. The van der Waals surface area contributed by atoms with Crippen LogP contribution in [0.1, 0.15) is 27.7 Å². The van der Waals surface area contributed by atoms with Crippen molar-refractivity contribution in [1.29, 1.82) is 0 Å². The lowest BCUT2D eigenvalue weighted by molar-refractivity contribution is 0.00578. The number of aromatic nitrogens is 1. The van der Waals surface area contributed by atoms with Crippen LogP contribution in [0.3, 0.4) is 0 Å². The summed E-state index contributed by atoms with van der Waals surface area (Å²) in [5.74, 6) is 0. The molecule has 0 aromatic carbocycles. The topological polar surface area (TPSA) is 83.4 Å². The normalized spacial score (nSPS) is 21.8. The van der Waals surface area contributed by atoms with Gasteiger partial charge in [-0.05, 0) is 27.7 Å². The van der Waals surface area contributed by atoms with Crippen molar-refractivity contribution in [2.75, 3.05) is 11.5 Å². The van der Waals surface area contributed by atoms with E-state index in [9.17, 15) is 0 Å². The van der Waals surface area contributed by atoms with Gasteiger partial charge in [0.15, 0.2) is 0 Å². The first-order valence-corrected chi connectivity index (χ1v) is 5.59. The molecule has 2 heterocycles. The number of nitrogens with zero attached hydrogens (tertiary/aromatic N) is 1. The van der Waals surface area contributed by atoms with Gasteiger partial charge in [-0.15, -0.1) is 0 Å². The highest BCUT2D eigenvalue weighted by molar-refractivity contribution is 6.64. The average Bonchev–Trinajstić information content (AvgIpc) is 2.40. The summed E-state index contributed by atoms with van der Waals surface area (Å²) >= 11 is 0. The average molecular weight is 235 g/mol. The molecule has 0 radical (unpaired) electrons. The van der Waals surface area contributed by atoms with Crippen molar-refractivity contribution in [2.24, 2.45) is 0 Å². The maximum Gasteiger partial charge on any atom is 0.498 e. The first-order valence-electron chi connectivity index (χ1n) is 5.59. The maximum atomic E-state index is 5.91. The Morgan fingerprint density at radius 1 is 1.06 bits per heavy atom. The van der Waals surface area contributed by atoms with Gasteiger partial charge in [-0.3, -0.25) is 4.98 Å². The van der Waals surface area contributed by atoms with Gasteiger partial charge in [0.2, 0.25) is 0 Å². The van der Waals surface area contributed by atoms with E-state index in [1.54, 1.807) is 6.20 Å². The molecule has 0 amide bonds. The SMILES string of the molecule is CC1(C)OB(c2cncc(N)c2N)OC1(C)C. The smallest absolute Gasteiger partial charge is 0.399 e. The molecule has 6 heteroatoms. The molecule has 1 aliphatic heterocycles. The molecule has 0 saturated carbocycles. The van der Waals surface area contributed by atoms with E-state index in [0.29, 0.717) is 16.8 Å². The molecular weight excluding hydrogens is 217 g/mol. The summed E-state index contributed by atoms with van der Waals surface area (Å²) in [6.07, 6.45) is 3.15. The molecule has 1 aromatic heterocycles. The lowest BCUT2D eigenvalue weighted by atomic mass is 9.79. The lowest BCUT2D eigenvalue weighted by Gasteiger charge is -2.32. The molecular formula is C11H18BN3O2. The van der Waals surface area contributed by atoms with E-state index >= 15 is 0 Å². The summed E-state index contributed by atoms with van der Waals surface area (Å²) in [7, 11) is -0.518. The molecule has 5 nitrogen and oxygen atoms in total. The Kier molecular flexibility index (Phi) is 2.59. The first-order chi connectivity index (χ1) is 7.74. The van der Waals surface area contributed by atoms with Gasteiger partial charge in [-0.2, -0.15) is 0 Å². The van der Waals surface area contributed by atoms with E-state index in [2.05, 4.69) is 4.98 Å². The number of hydrogen-bond acceptors (Lipinski definition) is 5. The van der Waals surface area contributed by atoms with E-state index < -0.39 is 18.3 Å². The van der Waals surface area contributed by atoms with Crippen LogP contribution >= 0.6 is 0 Å². The third-order valence-corrected chi connectivity index (χ3v) is 3.56. The Morgan fingerprint density at radius 3 is 2.12 bits per heavy atom. The second-order valence-corrected chi connectivity index (χ2v) is 5.32. The van der Waals surface area contributed by atoms with Crippen molar-refractivity contribution < 1.29 is 9.31 Å². The van der Waals surface area contributed by atoms with Crippen LogP contribution in [0.15, 0.2) is 12.4 Å². The van der Waals surface area contributed by atoms with Crippen molar-refractivity contribution in [3.05, 3.63) is 12.4 Å². The van der Waals surface area contributed by atoms with Crippen LogP contribution < -0.4 is 16.9 Å². The molecule has 17 heavy (non-hydrogen) atoms. The minimum absolute atomic E-state index is 0.394. The van der Waals surface area contributed by atoms with Gasteiger partial charge in [-0.1, -0.05) is 0 Å². The van der Waals surface area contributed by atoms with Crippen molar-refractivity contribution in [3.63, 3.8) is 0 Å². The Labute approximate surface area is 102 Å². The second-order valence-electron chi connectivity index (χ2n) is 5.32. The van der Waals surface area contributed by atoms with Gasteiger partial charge < -0.3 is 20.8 Å². The molecule has 1 fully saturated rings. The number of nitrogen functional groups attached to an aromatic ring is 2. The van der Waals surface area contributed by atoms with Gasteiger partial charge in [-0.25, -0.2) is 0 Å². The fraction of sp³-hybridized carbons (Fsp3) is 0.545. The van der Waals surface area contributed by atoms with Gasteiger partial charge in [0.1, 0.15) is 0 Å². The highest BCUT2D eigenvalue weighted by Gasteiger charge is 2.52. The van der Waals surface area contributed by atoms with Gasteiger partial charge in [0.25, 0.3) is 0 Å². The summed E-state index contributed by atoms with van der Waals surface area (Å²) in [6, 6.07) is 0. The molecule has 0 bridgehead atoms. The minimum Gasteiger partial charge on any atom is -0.399 e. The zero-order valence-electron chi connectivity index (χ0n) is 10.7. The third kappa shape index (κ3) is 1.87. The van der Waals surface area contributed by atoms with E-state index in [1.165, 1.54) is 6.20 Å². The third-order valence-electron chi connectivity index (χ3n) is 3.56. The molecule has 92 valence electrons. The predicted molar refractivity (Wildman–Crippen MR) is 68.8 cm³/mol. The summed E-state index contributed by atoms with van der Waals surface area (Å²) in [6.45, 7) is 7.96. The highest BCUT2D eigenvalue weighted by Crippen LogP contribution is 2.36. The molecule has 1 saturated heterocycles. The number of hydrogen-bond donors (Lipinski definition) is 2. The van der Waals surface area contributed by atoms with Crippen LogP contribution in [0.25, 0.3) is 0 Å². The Hall–Kier alpha value is -1.27. The molecule has 0 spiro atoms. The maximum absolute atomic E-state index is 5.91. The quantitative estimate of drug-likeness (QED) is 0.694. The van der Waals surface area contributed by atoms with Crippen LogP contribution in [-0.4, -0.2) is 23.3 Å². The van der Waals surface area contributed by atoms with E-state index in [4.69, 9.17) is 20.8 Å². The number of anilines is 2. The molecule has 4 N–H and O–H groups in total. The van der Waals surface area contributed by atoms with Gasteiger partial charge >= 0.3 is 7.12 Å². The lowest BCUT2D eigenvalue weighted by Crippen LogP contribution is -2.41. The summed E-state index contributed by atoms with van der Waals surface area (Å²) < 4.78 is 11.8. The van der Waals surface area contributed by atoms with Crippen molar-refractivity contribution in [3.8, 4) is 0 Å². The molecule has 1 aliphatic rings. The predicted octanol–water partition coefficient (Wildman–Crippen LogP) is 0.545. The monoisotopic (exact) mass is 235 g/mol. The van der Waals surface area contributed by atoms with E-state index in [1.807, 2.05) is 27.7 Å². The summed E-state index contributed by atoms with van der Waals surface area (Å²) in [4.78, 5) is 4.02. The Morgan fingerprint density at radius 2 is 1.59 bits per heavy atom. The summed E-state index contributed by atoms with van der Waals surface area (Å²) in [5.41, 5.74) is 12.4. The largest absolute Gasteiger partial charge is 0.498 e. The second kappa shape index (κ2) is 3.61. The standard InChI is InChI=1S/C11H18BN3O2/c1-10(2)11(3,4)17-12(16-10)7-5-15-6-8(13)9(7)14/h5-6H,13H2,1-4H3,(H2,14,15). The molecule has 0 atom stereocenters. The zero-order valence-corrected chi connectivity index (χ0v) is 10.7. The highest BCUT2D eigenvalue weighted by atomic mass is 16.7. The van der Waals surface area contributed by atoms with Crippen LogP contribution in [0.4, 0.5) is 11.4 Å². The Bertz CT molecular complexity index is 432. The molecule has 1 aromatic rings. The van der Waals surface area contributed by atoms with Crippen LogP contribution in [0.2, 0.25) is 0 Å². The van der Waals surface area contributed by atoms with Crippen LogP contribution in [-0.2, 0) is 9.31 Å². The van der Waals surface area contributed by atoms with E-state index in [-0.39, 0.29) is 0 Å².